The second-order valence-electron chi connectivity index (χ2n) is 3.71. The molecule has 0 saturated heterocycles. The molecule has 0 aromatic carbocycles. The van der Waals surface area contributed by atoms with Gasteiger partial charge in [0.1, 0.15) is 5.15 Å². The average Bonchev–Trinajstić information content (AvgIpc) is 2.58. The maximum Gasteiger partial charge on any atom is 0.129 e. The van der Waals surface area contributed by atoms with E-state index in [0.29, 0.717) is 11.7 Å². The zero-order valence-corrected chi connectivity index (χ0v) is 10.5. The highest BCUT2D eigenvalue weighted by atomic mass is 35.5. The Morgan fingerprint density at radius 1 is 1.56 bits per heavy atom. The van der Waals surface area contributed by atoms with Crippen LogP contribution < -0.4 is 5.32 Å². The minimum atomic E-state index is -0.318. The summed E-state index contributed by atoms with van der Waals surface area (Å²) in [6.45, 7) is 3.12. The van der Waals surface area contributed by atoms with Gasteiger partial charge in [0.2, 0.25) is 0 Å². The second-order valence-corrected chi connectivity index (χ2v) is 5.27. The Hall–Kier alpha value is -0.680. The number of nitrogens with one attached hydrogen (secondary N) is 1. The summed E-state index contributed by atoms with van der Waals surface area (Å²) in [5.74, 6) is 0. The maximum absolute atomic E-state index is 9.12. The molecule has 2 rings (SSSR count). The fourth-order valence-corrected chi connectivity index (χ4v) is 2.57. The van der Waals surface area contributed by atoms with Crippen molar-refractivity contribution in [3.8, 4) is 0 Å². The van der Waals surface area contributed by atoms with Gasteiger partial charge in [0.25, 0.3) is 0 Å². The lowest BCUT2D eigenvalue weighted by Crippen LogP contribution is -2.23. The Kier molecular flexibility index (Phi) is 3.76. The van der Waals surface area contributed by atoms with Crippen LogP contribution in [0.1, 0.15) is 11.8 Å². The summed E-state index contributed by atoms with van der Waals surface area (Å²) >= 11 is 7.51. The van der Waals surface area contributed by atoms with Crippen LogP contribution in [0.3, 0.4) is 0 Å². The summed E-state index contributed by atoms with van der Waals surface area (Å²) in [6.07, 6.45) is -0.318. The Morgan fingerprint density at radius 3 is 3.12 bits per heavy atom. The number of nitrogens with zero attached hydrogens (tertiary/aromatic N) is 1. The lowest BCUT2D eigenvalue weighted by molar-refractivity contribution is 0.191. The first-order chi connectivity index (χ1) is 7.65. The number of hydrogen-bond donors (Lipinski definition) is 2. The monoisotopic (exact) mass is 256 g/mol. The number of aliphatic hydroxyl groups excluding tert-OH is 1. The molecular formula is C11H13ClN2OS. The molecule has 0 unspecified atom stereocenters. The Bertz CT molecular complexity index is 484. The summed E-state index contributed by atoms with van der Waals surface area (Å²) in [5, 5.41) is 12.8. The fraction of sp³-hybridized carbons (Fsp3) is 0.364. The molecular weight excluding hydrogens is 244 g/mol. The van der Waals surface area contributed by atoms with Gasteiger partial charge in [0.05, 0.1) is 16.3 Å². The van der Waals surface area contributed by atoms with Gasteiger partial charge in [-0.1, -0.05) is 11.6 Å². The molecule has 3 nitrogen and oxygen atoms in total. The third-order valence-electron chi connectivity index (χ3n) is 2.13. The summed E-state index contributed by atoms with van der Waals surface area (Å²) in [4.78, 5) is 5.44. The molecule has 0 aliphatic rings. The molecule has 2 aromatic heterocycles. The standard InChI is InChI=1S/C11H13ClN2OS/c1-7(15)5-13-6-8-4-9-10(16-8)2-3-11(12)14-9/h2-4,7,13,15H,5-6H2,1H3/t7-/m0/s1. The molecule has 2 heterocycles. The van der Waals surface area contributed by atoms with E-state index in [9.17, 15) is 0 Å². The zero-order valence-electron chi connectivity index (χ0n) is 8.90. The molecule has 2 aromatic rings. The summed E-state index contributed by atoms with van der Waals surface area (Å²) in [5.41, 5.74) is 0.936. The maximum atomic E-state index is 9.12. The lowest BCUT2D eigenvalue weighted by atomic mass is 10.3. The largest absolute Gasteiger partial charge is 0.392 e. The minimum Gasteiger partial charge on any atom is -0.392 e. The van der Waals surface area contributed by atoms with E-state index in [1.54, 1.807) is 24.3 Å². The van der Waals surface area contributed by atoms with Crippen LogP contribution in [0.4, 0.5) is 0 Å². The molecule has 2 N–H and O–H groups in total. The number of aliphatic hydroxyl groups is 1. The van der Waals surface area contributed by atoms with E-state index in [4.69, 9.17) is 16.7 Å². The molecule has 16 heavy (non-hydrogen) atoms. The zero-order chi connectivity index (χ0) is 11.5. The number of rotatable bonds is 4. The highest BCUT2D eigenvalue weighted by Gasteiger charge is 2.03. The first-order valence-electron chi connectivity index (χ1n) is 5.09. The van der Waals surface area contributed by atoms with Crippen LogP contribution in [-0.4, -0.2) is 22.7 Å². The van der Waals surface area contributed by atoms with E-state index in [2.05, 4.69) is 10.3 Å². The molecule has 5 heteroatoms. The van der Waals surface area contributed by atoms with Crippen molar-refractivity contribution in [2.45, 2.75) is 19.6 Å². The van der Waals surface area contributed by atoms with Crippen LogP contribution in [0.2, 0.25) is 5.15 Å². The van der Waals surface area contributed by atoms with E-state index in [1.807, 2.05) is 12.1 Å². The highest BCUT2D eigenvalue weighted by molar-refractivity contribution is 7.19. The van der Waals surface area contributed by atoms with Crippen molar-refractivity contribution >= 4 is 33.2 Å². The van der Waals surface area contributed by atoms with E-state index < -0.39 is 0 Å². The van der Waals surface area contributed by atoms with Crippen molar-refractivity contribution in [3.05, 3.63) is 28.2 Å². The Labute approximate surface area is 103 Å². The quantitative estimate of drug-likeness (QED) is 0.826. The SMILES string of the molecule is C[C@H](O)CNCc1cc2nc(Cl)ccc2s1. The predicted molar refractivity (Wildman–Crippen MR) is 68.0 cm³/mol. The van der Waals surface area contributed by atoms with Gasteiger partial charge in [-0.15, -0.1) is 11.3 Å². The first kappa shape index (κ1) is 11.8. The number of fused-ring (bicyclic) bond motifs is 1. The topological polar surface area (TPSA) is 45.1 Å². The van der Waals surface area contributed by atoms with Crippen LogP contribution >= 0.6 is 22.9 Å². The van der Waals surface area contributed by atoms with Crippen molar-refractivity contribution in [2.75, 3.05) is 6.54 Å². The highest BCUT2D eigenvalue weighted by Crippen LogP contribution is 2.25. The lowest BCUT2D eigenvalue weighted by Gasteiger charge is -2.04. The van der Waals surface area contributed by atoms with Crippen molar-refractivity contribution in [2.24, 2.45) is 0 Å². The molecule has 0 bridgehead atoms. The van der Waals surface area contributed by atoms with Crippen LogP contribution in [-0.2, 0) is 6.54 Å². The molecule has 86 valence electrons. The van der Waals surface area contributed by atoms with Gasteiger partial charge in [-0.2, -0.15) is 0 Å². The molecule has 0 amide bonds. The molecule has 1 atom stereocenters. The van der Waals surface area contributed by atoms with Gasteiger partial charge >= 0.3 is 0 Å². The third-order valence-corrected chi connectivity index (χ3v) is 3.43. The Morgan fingerprint density at radius 2 is 2.38 bits per heavy atom. The number of halogens is 1. The number of thiophene rings is 1. The number of pyridine rings is 1. The smallest absolute Gasteiger partial charge is 0.129 e. The van der Waals surface area contributed by atoms with Gasteiger partial charge < -0.3 is 10.4 Å². The van der Waals surface area contributed by atoms with Gasteiger partial charge in [-0.25, -0.2) is 4.98 Å². The second kappa shape index (κ2) is 5.10. The van der Waals surface area contributed by atoms with E-state index in [0.717, 1.165) is 16.8 Å². The molecule has 0 spiro atoms. The number of aromatic nitrogens is 1. The predicted octanol–water partition coefficient (Wildman–Crippen LogP) is 2.42. The van der Waals surface area contributed by atoms with Gasteiger partial charge in [0.15, 0.2) is 0 Å². The summed E-state index contributed by atoms with van der Waals surface area (Å²) < 4.78 is 1.14. The Balaban J connectivity index is 2.08. The summed E-state index contributed by atoms with van der Waals surface area (Å²) in [7, 11) is 0. The van der Waals surface area contributed by atoms with Gasteiger partial charge in [0, 0.05) is 18.0 Å². The van der Waals surface area contributed by atoms with Crippen LogP contribution in [0, 0.1) is 0 Å². The van der Waals surface area contributed by atoms with Crippen LogP contribution in [0.25, 0.3) is 10.2 Å². The normalized spacial score (nSPS) is 13.2. The average molecular weight is 257 g/mol. The third kappa shape index (κ3) is 2.92. The molecule has 0 saturated carbocycles. The van der Waals surface area contributed by atoms with Crippen molar-refractivity contribution in [1.29, 1.82) is 0 Å². The molecule has 0 aliphatic carbocycles. The van der Waals surface area contributed by atoms with Gasteiger partial charge in [-0.05, 0) is 25.1 Å². The van der Waals surface area contributed by atoms with E-state index in [-0.39, 0.29) is 6.10 Å². The minimum absolute atomic E-state index is 0.318. The van der Waals surface area contributed by atoms with Crippen LogP contribution in [0.5, 0.6) is 0 Å². The first-order valence-corrected chi connectivity index (χ1v) is 6.28. The van der Waals surface area contributed by atoms with E-state index in [1.165, 1.54) is 4.88 Å². The van der Waals surface area contributed by atoms with E-state index >= 15 is 0 Å². The van der Waals surface area contributed by atoms with Crippen molar-refractivity contribution < 1.29 is 5.11 Å². The summed E-state index contributed by atoms with van der Waals surface area (Å²) in [6, 6.07) is 5.81. The van der Waals surface area contributed by atoms with Crippen molar-refractivity contribution in [1.82, 2.24) is 10.3 Å². The molecule has 0 radical (unpaired) electrons. The van der Waals surface area contributed by atoms with Gasteiger partial charge in [-0.3, -0.25) is 0 Å². The fourth-order valence-electron chi connectivity index (χ4n) is 1.44. The van der Waals surface area contributed by atoms with Crippen molar-refractivity contribution in [3.63, 3.8) is 0 Å². The molecule has 0 fully saturated rings. The molecule has 0 aliphatic heterocycles. The van der Waals surface area contributed by atoms with Crippen LogP contribution in [0.15, 0.2) is 18.2 Å². The number of hydrogen-bond acceptors (Lipinski definition) is 4.